The third kappa shape index (κ3) is 3.01. The number of aromatic carboxylic acids is 1. The minimum absolute atomic E-state index is 0.0524. The van der Waals surface area contributed by atoms with Gasteiger partial charge in [0.1, 0.15) is 5.82 Å². The molecule has 1 aromatic carbocycles. The molecule has 1 atom stereocenters. The Kier molecular flexibility index (Phi) is 3.18. The summed E-state index contributed by atoms with van der Waals surface area (Å²) in [4.78, 5) is 22.7. The third-order valence-corrected chi connectivity index (χ3v) is 3.28. The van der Waals surface area contributed by atoms with Crippen molar-refractivity contribution < 1.29 is 19.1 Å². The van der Waals surface area contributed by atoms with Gasteiger partial charge in [0.15, 0.2) is 0 Å². The van der Waals surface area contributed by atoms with E-state index in [-0.39, 0.29) is 22.7 Å². The van der Waals surface area contributed by atoms with E-state index in [1.807, 2.05) is 13.8 Å². The highest BCUT2D eigenvalue weighted by Crippen LogP contribution is 2.44. The van der Waals surface area contributed by atoms with Crippen LogP contribution in [0.25, 0.3) is 0 Å². The summed E-state index contributed by atoms with van der Waals surface area (Å²) < 4.78 is 13.1. The monoisotopic (exact) mass is 266 g/mol. The van der Waals surface area contributed by atoms with Crippen molar-refractivity contribution in [2.24, 2.45) is 5.41 Å². The second-order valence-corrected chi connectivity index (χ2v) is 5.34. The van der Waals surface area contributed by atoms with Gasteiger partial charge in [-0.15, -0.1) is 0 Å². The van der Waals surface area contributed by atoms with Crippen LogP contribution in [-0.2, 0) is 0 Å². The van der Waals surface area contributed by atoms with Gasteiger partial charge in [0, 0.05) is 6.04 Å². The molecule has 0 spiro atoms. The Morgan fingerprint density at radius 3 is 2.58 bits per heavy atom. The lowest BCUT2D eigenvalue weighted by Crippen LogP contribution is -2.33. The molecule has 102 valence electrons. The molecule has 5 nitrogen and oxygen atoms in total. The van der Waals surface area contributed by atoms with Crippen LogP contribution in [-0.4, -0.2) is 23.1 Å². The van der Waals surface area contributed by atoms with E-state index in [1.165, 1.54) is 0 Å². The fourth-order valence-corrected chi connectivity index (χ4v) is 1.84. The number of urea groups is 1. The Hall–Kier alpha value is -2.11. The van der Waals surface area contributed by atoms with Gasteiger partial charge >= 0.3 is 12.0 Å². The van der Waals surface area contributed by atoms with Gasteiger partial charge in [0.2, 0.25) is 0 Å². The van der Waals surface area contributed by atoms with Crippen LogP contribution >= 0.6 is 0 Å². The molecule has 1 unspecified atom stereocenters. The molecule has 1 aromatic rings. The molecule has 19 heavy (non-hydrogen) atoms. The van der Waals surface area contributed by atoms with E-state index in [9.17, 15) is 14.0 Å². The average molecular weight is 266 g/mol. The summed E-state index contributed by atoms with van der Waals surface area (Å²) in [5.41, 5.74) is -0.135. The molecular weight excluding hydrogens is 251 g/mol. The van der Waals surface area contributed by atoms with Crippen LogP contribution in [0, 0.1) is 11.2 Å². The van der Waals surface area contributed by atoms with Crippen LogP contribution < -0.4 is 10.6 Å². The lowest BCUT2D eigenvalue weighted by molar-refractivity contribution is 0.0698. The first kappa shape index (κ1) is 13.3. The Morgan fingerprint density at radius 2 is 2.05 bits per heavy atom. The van der Waals surface area contributed by atoms with E-state index in [2.05, 4.69) is 10.6 Å². The minimum Gasteiger partial charge on any atom is -0.478 e. The number of carboxylic acid groups (broad SMARTS) is 1. The maximum absolute atomic E-state index is 13.1. The summed E-state index contributed by atoms with van der Waals surface area (Å²) in [7, 11) is 0. The smallest absolute Gasteiger partial charge is 0.337 e. The Bertz CT molecular complexity index is 543. The molecule has 1 fully saturated rings. The normalized spacial score (nSPS) is 19.6. The van der Waals surface area contributed by atoms with Crippen molar-refractivity contribution in [1.29, 1.82) is 0 Å². The summed E-state index contributed by atoms with van der Waals surface area (Å²) in [5.74, 6) is -1.82. The molecule has 2 rings (SSSR count). The van der Waals surface area contributed by atoms with Crippen LogP contribution in [0.1, 0.15) is 30.6 Å². The fraction of sp³-hybridized carbons (Fsp3) is 0.385. The number of rotatable bonds is 3. The number of carbonyl (C=O) groups excluding carboxylic acids is 1. The standard InChI is InChI=1S/C13H15FN2O3/c1-13(2)6-10(13)16-12(19)15-9-5-7(14)3-4-8(9)11(17)18/h3-5,10H,6H2,1-2H3,(H,17,18)(H2,15,16,19). The van der Waals surface area contributed by atoms with Crippen molar-refractivity contribution in [3.8, 4) is 0 Å². The minimum atomic E-state index is -1.22. The zero-order valence-corrected chi connectivity index (χ0v) is 10.7. The van der Waals surface area contributed by atoms with E-state index in [4.69, 9.17) is 5.11 Å². The summed E-state index contributed by atoms with van der Waals surface area (Å²) in [6, 6.07) is 2.68. The first-order valence-electron chi connectivity index (χ1n) is 5.90. The van der Waals surface area contributed by atoms with Crippen molar-refractivity contribution in [2.75, 3.05) is 5.32 Å². The first-order valence-corrected chi connectivity index (χ1v) is 5.90. The number of nitrogens with one attached hydrogen (secondary N) is 2. The van der Waals surface area contributed by atoms with E-state index in [1.54, 1.807) is 0 Å². The van der Waals surface area contributed by atoms with E-state index in [0.29, 0.717) is 0 Å². The highest BCUT2D eigenvalue weighted by molar-refractivity contribution is 6.00. The Labute approximate surface area is 109 Å². The van der Waals surface area contributed by atoms with E-state index < -0.39 is 17.8 Å². The van der Waals surface area contributed by atoms with Crippen molar-refractivity contribution in [3.63, 3.8) is 0 Å². The zero-order valence-electron chi connectivity index (χ0n) is 10.7. The van der Waals surface area contributed by atoms with Crippen molar-refractivity contribution in [3.05, 3.63) is 29.6 Å². The van der Waals surface area contributed by atoms with Gasteiger partial charge in [-0.05, 0) is 30.0 Å². The fourth-order valence-electron chi connectivity index (χ4n) is 1.84. The molecule has 0 aliphatic heterocycles. The quantitative estimate of drug-likeness (QED) is 0.786. The van der Waals surface area contributed by atoms with Gasteiger partial charge in [-0.25, -0.2) is 14.0 Å². The zero-order chi connectivity index (χ0) is 14.2. The number of hydrogen-bond donors (Lipinski definition) is 3. The third-order valence-electron chi connectivity index (χ3n) is 3.28. The predicted octanol–water partition coefficient (Wildman–Crippen LogP) is 2.44. The van der Waals surface area contributed by atoms with Gasteiger partial charge in [0.05, 0.1) is 11.3 Å². The molecule has 3 N–H and O–H groups in total. The second kappa shape index (κ2) is 4.53. The highest BCUT2D eigenvalue weighted by atomic mass is 19.1. The second-order valence-electron chi connectivity index (χ2n) is 5.34. The molecule has 1 saturated carbocycles. The van der Waals surface area contributed by atoms with Gasteiger partial charge < -0.3 is 15.7 Å². The number of carbonyl (C=O) groups is 2. The number of benzene rings is 1. The molecule has 1 aliphatic rings. The molecule has 0 heterocycles. The maximum atomic E-state index is 13.1. The molecule has 6 heteroatoms. The first-order chi connectivity index (χ1) is 8.79. The van der Waals surface area contributed by atoms with Crippen LogP contribution in [0.2, 0.25) is 0 Å². The van der Waals surface area contributed by atoms with E-state index >= 15 is 0 Å². The summed E-state index contributed by atoms with van der Waals surface area (Å²) >= 11 is 0. The summed E-state index contributed by atoms with van der Waals surface area (Å²) in [5, 5.41) is 14.0. The van der Waals surface area contributed by atoms with Gasteiger partial charge in [-0.2, -0.15) is 0 Å². The van der Waals surface area contributed by atoms with Crippen molar-refractivity contribution in [2.45, 2.75) is 26.3 Å². The lowest BCUT2D eigenvalue weighted by atomic mass is 10.1. The van der Waals surface area contributed by atoms with Crippen molar-refractivity contribution in [1.82, 2.24) is 5.32 Å². The van der Waals surface area contributed by atoms with Gasteiger partial charge in [-0.1, -0.05) is 13.8 Å². The Morgan fingerprint density at radius 1 is 1.42 bits per heavy atom. The SMILES string of the molecule is CC1(C)CC1NC(=O)Nc1cc(F)ccc1C(=O)O. The molecule has 0 aromatic heterocycles. The molecule has 2 amide bonds. The number of hydrogen-bond acceptors (Lipinski definition) is 2. The number of halogens is 1. The predicted molar refractivity (Wildman–Crippen MR) is 67.7 cm³/mol. The van der Waals surface area contributed by atoms with Gasteiger partial charge in [0.25, 0.3) is 0 Å². The van der Waals surface area contributed by atoms with Crippen LogP contribution in [0.5, 0.6) is 0 Å². The van der Waals surface area contributed by atoms with Crippen LogP contribution in [0.3, 0.4) is 0 Å². The van der Waals surface area contributed by atoms with Gasteiger partial charge in [-0.3, -0.25) is 0 Å². The number of anilines is 1. The van der Waals surface area contributed by atoms with E-state index in [0.717, 1.165) is 24.6 Å². The summed E-state index contributed by atoms with van der Waals surface area (Å²) in [6.07, 6.45) is 0.870. The molecule has 0 radical (unpaired) electrons. The molecule has 0 bridgehead atoms. The lowest BCUT2D eigenvalue weighted by Gasteiger charge is -2.11. The Balaban J connectivity index is 2.08. The average Bonchev–Trinajstić information content (AvgIpc) is 2.84. The van der Waals surface area contributed by atoms with Crippen molar-refractivity contribution >= 4 is 17.7 Å². The number of amides is 2. The molecule has 1 aliphatic carbocycles. The molecule has 0 saturated heterocycles. The molecular formula is C13H15FN2O3. The topological polar surface area (TPSA) is 78.4 Å². The largest absolute Gasteiger partial charge is 0.478 e. The number of carboxylic acids is 1. The highest BCUT2D eigenvalue weighted by Gasteiger charge is 2.46. The van der Waals surface area contributed by atoms with Crippen LogP contribution in [0.4, 0.5) is 14.9 Å². The summed E-state index contributed by atoms with van der Waals surface area (Å²) in [6.45, 7) is 4.03. The van der Waals surface area contributed by atoms with Crippen LogP contribution in [0.15, 0.2) is 18.2 Å². The maximum Gasteiger partial charge on any atom is 0.337 e.